The maximum atomic E-state index is 11.4. The summed E-state index contributed by atoms with van der Waals surface area (Å²) in [5.74, 6) is -0.282. The highest BCUT2D eigenvalue weighted by molar-refractivity contribution is 5.89. The molecule has 104 valence electrons. The van der Waals surface area contributed by atoms with Gasteiger partial charge in [-0.2, -0.15) is 0 Å². The van der Waals surface area contributed by atoms with Crippen molar-refractivity contribution in [1.29, 1.82) is 0 Å². The first kappa shape index (κ1) is 14.0. The van der Waals surface area contributed by atoms with Crippen molar-refractivity contribution in [2.45, 2.75) is 32.5 Å². The van der Waals surface area contributed by atoms with Crippen LogP contribution >= 0.6 is 0 Å². The van der Waals surface area contributed by atoms with E-state index in [9.17, 15) is 4.79 Å². The molecule has 0 spiro atoms. The van der Waals surface area contributed by atoms with Crippen LogP contribution in [0.25, 0.3) is 0 Å². The third-order valence-electron chi connectivity index (χ3n) is 3.65. The van der Waals surface area contributed by atoms with Gasteiger partial charge in [-0.25, -0.2) is 4.79 Å². The number of hydrogen-bond acceptors (Lipinski definition) is 4. The topological polar surface area (TPSA) is 41.6 Å². The Bertz CT molecular complexity index is 430. The van der Waals surface area contributed by atoms with Crippen molar-refractivity contribution < 1.29 is 9.53 Å². The minimum absolute atomic E-state index is 0.282. The first-order valence-electron chi connectivity index (χ1n) is 6.75. The molecule has 0 amide bonds. The Morgan fingerprint density at radius 1 is 1.37 bits per heavy atom. The third kappa shape index (κ3) is 3.55. The van der Waals surface area contributed by atoms with Gasteiger partial charge in [0.15, 0.2) is 0 Å². The standard InChI is InChI=1S/C15H22N2O2/c1-11-9-17(12(2)8-16-11)10-13-4-6-14(7-5-13)15(18)19-3/h4-7,11-12,16H,8-10H2,1-3H3. The molecule has 2 rings (SSSR count). The van der Waals surface area contributed by atoms with Crippen LogP contribution in [0.1, 0.15) is 29.8 Å². The molecule has 0 aliphatic carbocycles. The number of piperazine rings is 1. The van der Waals surface area contributed by atoms with E-state index in [-0.39, 0.29) is 5.97 Å². The average Bonchev–Trinajstić information content (AvgIpc) is 2.43. The lowest BCUT2D eigenvalue weighted by Crippen LogP contribution is -2.53. The number of carbonyl (C=O) groups excluding carboxylic acids is 1. The Morgan fingerprint density at radius 2 is 2.05 bits per heavy atom. The Labute approximate surface area is 114 Å². The molecule has 1 aliphatic heterocycles. The monoisotopic (exact) mass is 262 g/mol. The fourth-order valence-corrected chi connectivity index (χ4v) is 2.42. The minimum Gasteiger partial charge on any atom is -0.465 e. The van der Waals surface area contributed by atoms with Crippen LogP contribution in [-0.2, 0) is 11.3 Å². The van der Waals surface area contributed by atoms with Gasteiger partial charge in [0.2, 0.25) is 0 Å². The van der Waals surface area contributed by atoms with Crippen LogP contribution < -0.4 is 5.32 Å². The Morgan fingerprint density at radius 3 is 2.68 bits per heavy atom. The molecule has 1 heterocycles. The second-order valence-corrected chi connectivity index (χ2v) is 5.28. The molecular formula is C15H22N2O2. The molecule has 19 heavy (non-hydrogen) atoms. The summed E-state index contributed by atoms with van der Waals surface area (Å²) in [7, 11) is 1.40. The molecule has 1 aromatic rings. The first-order valence-corrected chi connectivity index (χ1v) is 6.75. The highest BCUT2D eigenvalue weighted by atomic mass is 16.5. The van der Waals surface area contributed by atoms with Crippen LogP contribution in [0.15, 0.2) is 24.3 Å². The van der Waals surface area contributed by atoms with Gasteiger partial charge in [-0.1, -0.05) is 12.1 Å². The molecule has 1 N–H and O–H groups in total. The van der Waals surface area contributed by atoms with Gasteiger partial charge >= 0.3 is 5.97 Å². The maximum absolute atomic E-state index is 11.4. The molecule has 0 saturated carbocycles. The van der Waals surface area contributed by atoms with Crippen LogP contribution in [0.3, 0.4) is 0 Å². The lowest BCUT2D eigenvalue weighted by molar-refractivity contribution is 0.0600. The summed E-state index contributed by atoms with van der Waals surface area (Å²) in [5, 5.41) is 3.48. The highest BCUT2D eigenvalue weighted by Gasteiger charge is 2.22. The summed E-state index contributed by atoms with van der Waals surface area (Å²) in [6.07, 6.45) is 0. The van der Waals surface area contributed by atoms with E-state index in [1.165, 1.54) is 12.7 Å². The van der Waals surface area contributed by atoms with Gasteiger partial charge in [0.1, 0.15) is 0 Å². The SMILES string of the molecule is COC(=O)c1ccc(CN2CC(C)NCC2C)cc1. The van der Waals surface area contributed by atoms with E-state index < -0.39 is 0 Å². The molecule has 0 aromatic heterocycles. The van der Waals surface area contributed by atoms with Crippen molar-refractivity contribution >= 4 is 5.97 Å². The van der Waals surface area contributed by atoms with E-state index in [1.807, 2.05) is 24.3 Å². The molecule has 4 heteroatoms. The van der Waals surface area contributed by atoms with E-state index in [2.05, 4.69) is 24.1 Å². The summed E-state index contributed by atoms with van der Waals surface area (Å²) in [6.45, 7) is 7.46. The number of ether oxygens (including phenoxy) is 1. The Balaban J connectivity index is 2.00. The number of nitrogens with one attached hydrogen (secondary N) is 1. The smallest absolute Gasteiger partial charge is 0.337 e. The van der Waals surface area contributed by atoms with Crippen molar-refractivity contribution in [3.05, 3.63) is 35.4 Å². The quantitative estimate of drug-likeness (QED) is 0.841. The maximum Gasteiger partial charge on any atom is 0.337 e. The summed E-state index contributed by atoms with van der Waals surface area (Å²) in [4.78, 5) is 13.8. The predicted molar refractivity (Wildman–Crippen MR) is 75.1 cm³/mol. The molecule has 0 radical (unpaired) electrons. The number of rotatable bonds is 3. The van der Waals surface area contributed by atoms with Crippen LogP contribution in [-0.4, -0.2) is 43.2 Å². The fraction of sp³-hybridized carbons (Fsp3) is 0.533. The number of esters is 1. The summed E-state index contributed by atoms with van der Waals surface area (Å²) in [5.41, 5.74) is 1.83. The number of carbonyl (C=O) groups is 1. The summed E-state index contributed by atoms with van der Waals surface area (Å²) < 4.78 is 4.70. The average molecular weight is 262 g/mol. The highest BCUT2D eigenvalue weighted by Crippen LogP contribution is 2.13. The summed E-state index contributed by atoms with van der Waals surface area (Å²) >= 11 is 0. The molecule has 4 nitrogen and oxygen atoms in total. The molecule has 0 bridgehead atoms. The van der Waals surface area contributed by atoms with Crippen molar-refractivity contribution in [3.8, 4) is 0 Å². The van der Waals surface area contributed by atoms with Gasteiger partial charge < -0.3 is 10.1 Å². The van der Waals surface area contributed by atoms with Crippen molar-refractivity contribution in [2.75, 3.05) is 20.2 Å². The van der Waals surface area contributed by atoms with Gasteiger partial charge in [-0.15, -0.1) is 0 Å². The van der Waals surface area contributed by atoms with E-state index >= 15 is 0 Å². The van der Waals surface area contributed by atoms with Gasteiger partial charge in [0, 0.05) is 31.7 Å². The molecular weight excluding hydrogens is 240 g/mol. The van der Waals surface area contributed by atoms with Crippen molar-refractivity contribution in [3.63, 3.8) is 0 Å². The van der Waals surface area contributed by atoms with Crippen LogP contribution in [0, 0.1) is 0 Å². The largest absolute Gasteiger partial charge is 0.465 e. The fourth-order valence-electron chi connectivity index (χ4n) is 2.42. The molecule has 2 unspecified atom stereocenters. The van der Waals surface area contributed by atoms with Gasteiger partial charge in [-0.3, -0.25) is 4.90 Å². The zero-order valence-electron chi connectivity index (χ0n) is 11.8. The molecule has 1 fully saturated rings. The second-order valence-electron chi connectivity index (χ2n) is 5.28. The van der Waals surface area contributed by atoms with Gasteiger partial charge in [0.05, 0.1) is 12.7 Å². The summed E-state index contributed by atoms with van der Waals surface area (Å²) in [6, 6.07) is 8.74. The zero-order valence-corrected chi connectivity index (χ0v) is 11.8. The van der Waals surface area contributed by atoms with Gasteiger partial charge in [-0.05, 0) is 31.5 Å². The number of benzene rings is 1. The number of methoxy groups -OCH3 is 1. The van der Waals surface area contributed by atoms with E-state index in [0.717, 1.165) is 19.6 Å². The van der Waals surface area contributed by atoms with E-state index in [1.54, 1.807) is 0 Å². The predicted octanol–water partition coefficient (Wildman–Crippen LogP) is 1.66. The molecule has 1 aromatic carbocycles. The molecule has 1 aliphatic rings. The van der Waals surface area contributed by atoms with Crippen LogP contribution in [0.4, 0.5) is 0 Å². The number of nitrogens with zero attached hydrogens (tertiary/aromatic N) is 1. The van der Waals surface area contributed by atoms with E-state index in [4.69, 9.17) is 4.74 Å². The van der Waals surface area contributed by atoms with Crippen molar-refractivity contribution in [2.24, 2.45) is 0 Å². The molecule has 1 saturated heterocycles. The van der Waals surface area contributed by atoms with E-state index in [0.29, 0.717) is 17.6 Å². The first-order chi connectivity index (χ1) is 9.10. The Kier molecular flexibility index (Phi) is 4.56. The van der Waals surface area contributed by atoms with Gasteiger partial charge in [0.25, 0.3) is 0 Å². The van der Waals surface area contributed by atoms with Crippen LogP contribution in [0.5, 0.6) is 0 Å². The lowest BCUT2D eigenvalue weighted by atomic mass is 10.1. The normalized spacial score (nSPS) is 24.2. The molecule has 2 atom stereocenters. The lowest BCUT2D eigenvalue weighted by Gasteiger charge is -2.37. The Hall–Kier alpha value is -1.39. The minimum atomic E-state index is -0.282. The van der Waals surface area contributed by atoms with Crippen molar-refractivity contribution in [1.82, 2.24) is 10.2 Å². The van der Waals surface area contributed by atoms with Crippen LogP contribution in [0.2, 0.25) is 0 Å². The third-order valence-corrected chi connectivity index (χ3v) is 3.65. The zero-order chi connectivity index (χ0) is 13.8. The second kappa shape index (κ2) is 6.17. The number of hydrogen-bond donors (Lipinski definition) is 1.